The fourth-order valence-electron chi connectivity index (χ4n) is 9.50. The first-order valence-corrected chi connectivity index (χ1v) is 24.9. The zero-order valence-corrected chi connectivity index (χ0v) is 41.7. The molecule has 0 saturated carbocycles. The molecule has 3 saturated heterocycles. The summed E-state index contributed by atoms with van der Waals surface area (Å²) in [4.78, 5) is 102. The van der Waals surface area contributed by atoms with E-state index in [9.17, 15) is 38.7 Å². The van der Waals surface area contributed by atoms with Crippen LogP contribution in [0.25, 0.3) is 10.4 Å². The minimum Gasteiger partial charge on any atom is -0.488 e. The van der Waals surface area contributed by atoms with Crippen LogP contribution in [0.2, 0.25) is 0 Å². The summed E-state index contributed by atoms with van der Waals surface area (Å²) in [6.45, 7) is 10.7. The smallest absolute Gasteiger partial charge is 0.246 e. The van der Waals surface area contributed by atoms with E-state index in [0.29, 0.717) is 25.8 Å². The number of hydrogen-bond donors (Lipinski definition) is 6. The van der Waals surface area contributed by atoms with Crippen LogP contribution in [0.15, 0.2) is 48.0 Å². The van der Waals surface area contributed by atoms with Gasteiger partial charge in [0.25, 0.3) is 0 Å². The fourth-order valence-corrected chi connectivity index (χ4v) is 10.3. The second kappa shape index (κ2) is 23.3. The van der Waals surface area contributed by atoms with Gasteiger partial charge in [0.1, 0.15) is 30.8 Å². The molecule has 8 atom stereocenters. The minimum absolute atomic E-state index is 0.0386. The molecular formula is C50H68FN9O9S. The van der Waals surface area contributed by atoms with E-state index >= 15 is 4.39 Å². The van der Waals surface area contributed by atoms with Crippen LogP contribution in [-0.2, 0) is 40.0 Å². The van der Waals surface area contributed by atoms with Gasteiger partial charge in [0.15, 0.2) is 11.6 Å². The zero-order chi connectivity index (χ0) is 51.0. The number of aliphatic hydroxyl groups is 1. The highest BCUT2D eigenvalue weighted by atomic mass is 32.1. The lowest BCUT2D eigenvalue weighted by Gasteiger charge is -2.37. The molecule has 20 heteroatoms. The number of fused-ring (bicyclic) bond motifs is 1. The van der Waals surface area contributed by atoms with Gasteiger partial charge >= 0.3 is 0 Å². The third kappa shape index (κ3) is 13.2. The number of aliphatic hydroxyl groups excluding tert-OH is 1. The molecule has 0 radical (unpaired) electrons. The van der Waals surface area contributed by atoms with Gasteiger partial charge in [-0.3, -0.25) is 33.6 Å². The van der Waals surface area contributed by atoms with Crippen molar-refractivity contribution in [1.82, 2.24) is 35.6 Å². The maximum atomic E-state index is 15.9. The average molecular weight is 990 g/mol. The van der Waals surface area contributed by atoms with Crippen molar-refractivity contribution in [2.45, 2.75) is 148 Å². The van der Waals surface area contributed by atoms with E-state index in [1.807, 2.05) is 38.1 Å². The largest absolute Gasteiger partial charge is 0.488 e. The van der Waals surface area contributed by atoms with Crippen molar-refractivity contribution >= 4 is 52.7 Å². The summed E-state index contributed by atoms with van der Waals surface area (Å²) in [7, 11) is 0. The molecule has 0 aliphatic carbocycles. The van der Waals surface area contributed by atoms with E-state index in [2.05, 4.69) is 20.9 Å². The number of ether oxygens (including phenoxy) is 1. The molecule has 4 heterocycles. The van der Waals surface area contributed by atoms with E-state index in [4.69, 9.17) is 16.2 Å². The van der Waals surface area contributed by atoms with Crippen LogP contribution in [0.1, 0.15) is 109 Å². The molecule has 3 fully saturated rings. The van der Waals surface area contributed by atoms with E-state index in [1.165, 1.54) is 22.8 Å². The molecule has 70 heavy (non-hydrogen) atoms. The van der Waals surface area contributed by atoms with E-state index in [-0.39, 0.29) is 81.5 Å². The molecule has 1 aromatic heterocycles. The predicted molar refractivity (Wildman–Crippen MR) is 260 cm³/mol. The lowest BCUT2D eigenvalue weighted by atomic mass is 9.85. The normalized spacial score (nSPS) is 21.8. The quantitative estimate of drug-likeness (QED) is 0.108. The second-order valence-corrected chi connectivity index (χ2v) is 20.7. The number of thiazole rings is 1. The number of primary amides is 1. The third-order valence-corrected chi connectivity index (χ3v) is 14.4. The minimum atomic E-state index is -1.04. The number of rotatable bonds is 18. The van der Waals surface area contributed by atoms with Crippen molar-refractivity contribution in [3.63, 3.8) is 0 Å². The van der Waals surface area contributed by atoms with Gasteiger partial charge in [-0.25, -0.2) is 9.37 Å². The number of aromatic nitrogens is 1. The molecule has 380 valence electrons. The highest BCUT2D eigenvalue weighted by molar-refractivity contribution is 7.13. The summed E-state index contributed by atoms with van der Waals surface area (Å²) in [5.74, 6) is -3.84. The highest BCUT2D eigenvalue weighted by Gasteiger charge is 2.46. The number of hydrogen-bond acceptors (Lipinski definition) is 12. The van der Waals surface area contributed by atoms with Crippen LogP contribution >= 0.6 is 11.3 Å². The SMILES string of the molecule is CC(=O)N1CC[C@H]2CC[C@@H](C(=O)N[C@@H](CCC(N)=O)COc3cccc(CCCC(=O)N[C@H](C(=O)N4C[C@H](O)C[C@H]4C(=O)N[C@@H](C)c4ccc(-c5scnc5C)cc4)C(C)(C)C)c3F)N2C(=O)[C@@H](N)C1. The Morgan fingerprint density at radius 1 is 0.971 bits per heavy atom. The Morgan fingerprint density at radius 3 is 2.34 bits per heavy atom. The van der Waals surface area contributed by atoms with Gasteiger partial charge in [-0.1, -0.05) is 57.2 Å². The first-order chi connectivity index (χ1) is 33.1. The van der Waals surface area contributed by atoms with Gasteiger partial charge in [-0.15, -0.1) is 11.3 Å². The molecule has 8 N–H and O–H groups in total. The van der Waals surface area contributed by atoms with E-state index < -0.39 is 89.0 Å². The molecule has 3 aliphatic heterocycles. The standard InChI is InChI=1S/C50H68FN9O9S/c1-28(31-13-15-33(16-14-31)44-29(2)54-27-70-44)55-47(66)39-23-36(62)24-59(39)49(68)45(50(4,5)6)57-42(64)12-8-10-32-9-7-11-40(43(32)51)69-26-34(17-20-41(53)63)56-46(65)38-19-18-35-21-22-58(30(3)61)25-37(52)48(67)60(35)38/h7,9,11,13-16,27-28,34-39,45,62H,8,10,12,17-26,52H2,1-6H3,(H2,53,63)(H,55,66)(H,56,65)(H,57,64)/t28-,34-,35+,36+,37-,38-,39-,45+/m0/s1. The van der Waals surface area contributed by atoms with Gasteiger partial charge < -0.3 is 52.0 Å². The third-order valence-electron chi connectivity index (χ3n) is 13.5. The van der Waals surface area contributed by atoms with Crippen molar-refractivity contribution in [2.75, 3.05) is 26.2 Å². The molecular weight excluding hydrogens is 922 g/mol. The average Bonchev–Trinajstić information content (AvgIpc) is 4.05. The Bertz CT molecular complexity index is 2390. The number of amides is 7. The van der Waals surface area contributed by atoms with Gasteiger partial charge in [0, 0.05) is 51.9 Å². The summed E-state index contributed by atoms with van der Waals surface area (Å²) in [5, 5.41) is 19.4. The fraction of sp³-hybridized carbons (Fsp3) is 0.560. The maximum Gasteiger partial charge on any atom is 0.246 e. The first-order valence-electron chi connectivity index (χ1n) is 24.0. The number of likely N-dealkylation sites (tertiary alicyclic amines) is 1. The Kier molecular flexibility index (Phi) is 17.7. The van der Waals surface area contributed by atoms with Crippen LogP contribution in [0.3, 0.4) is 0 Å². The predicted octanol–water partition coefficient (Wildman–Crippen LogP) is 3.02. The van der Waals surface area contributed by atoms with E-state index in [0.717, 1.165) is 21.7 Å². The molecule has 3 aromatic rings. The summed E-state index contributed by atoms with van der Waals surface area (Å²) in [6, 6.07) is 7.10. The molecule has 0 unspecified atom stereocenters. The van der Waals surface area contributed by atoms with Gasteiger partial charge in [0.05, 0.1) is 34.3 Å². The number of aryl methyl sites for hydroxylation is 2. The molecule has 18 nitrogen and oxygen atoms in total. The Hall–Kier alpha value is -5.99. The van der Waals surface area contributed by atoms with Crippen LogP contribution in [-0.4, -0.2) is 135 Å². The van der Waals surface area contributed by atoms with Crippen molar-refractivity contribution in [3.05, 3.63) is 70.6 Å². The van der Waals surface area contributed by atoms with Crippen LogP contribution < -0.4 is 32.2 Å². The number of carbonyl (C=O) groups is 7. The van der Waals surface area contributed by atoms with Gasteiger partial charge in [-0.2, -0.15) is 0 Å². The van der Waals surface area contributed by atoms with Crippen LogP contribution in [0, 0.1) is 18.2 Å². The van der Waals surface area contributed by atoms with E-state index in [1.54, 1.807) is 54.7 Å². The van der Waals surface area contributed by atoms with Crippen molar-refractivity contribution in [2.24, 2.45) is 16.9 Å². The Labute approximate surface area is 412 Å². The number of β-amino-alcohol motifs (C(OH)–C–C–N with tert-alkyl or cyclic N) is 1. The molecule has 0 spiro atoms. The van der Waals surface area contributed by atoms with Crippen molar-refractivity contribution in [1.29, 1.82) is 0 Å². The van der Waals surface area contributed by atoms with Crippen LogP contribution in [0.5, 0.6) is 5.75 Å². The number of nitrogens with one attached hydrogen (secondary N) is 3. The number of nitrogens with zero attached hydrogens (tertiary/aromatic N) is 4. The van der Waals surface area contributed by atoms with Crippen molar-refractivity contribution < 1.29 is 47.8 Å². The second-order valence-electron chi connectivity index (χ2n) is 19.8. The molecule has 2 aromatic carbocycles. The van der Waals surface area contributed by atoms with Gasteiger partial charge in [-0.05, 0) is 80.5 Å². The lowest BCUT2D eigenvalue weighted by molar-refractivity contribution is -0.144. The Morgan fingerprint density at radius 2 is 1.69 bits per heavy atom. The highest BCUT2D eigenvalue weighted by Crippen LogP contribution is 2.32. The number of halogens is 1. The molecule has 0 bridgehead atoms. The van der Waals surface area contributed by atoms with Crippen LogP contribution in [0.4, 0.5) is 4.39 Å². The van der Waals surface area contributed by atoms with Gasteiger partial charge in [0.2, 0.25) is 41.4 Å². The topological polar surface area (TPSA) is 260 Å². The number of carbonyl (C=O) groups excluding carboxylic acids is 7. The zero-order valence-electron chi connectivity index (χ0n) is 40.9. The summed E-state index contributed by atoms with van der Waals surface area (Å²) >= 11 is 1.55. The molecule has 3 aliphatic rings. The number of nitrogens with two attached hydrogens (primary N) is 2. The van der Waals surface area contributed by atoms with Crippen molar-refractivity contribution in [3.8, 4) is 16.2 Å². The maximum absolute atomic E-state index is 15.9. The summed E-state index contributed by atoms with van der Waals surface area (Å²) in [6.07, 6.45) is 0.777. The first kappa shape index (κ1) is 53.4. The summed E-state index contributed by atoms with van der Waals surface area (Å²) < 4.78 is 21.8. The summed E-state index contributed by atoms with van der Waals surface area (Å²) in [5.41, 5.74) is 15.7. The lowest BCUT2D eigenvalue weighted by Crippen LogP contribution is -2.59. The monoisotopic (exact) mass is 989 g/mol. The molecule has 6 rings (SSSR count). The number of benzene rings is 2. The molecule has 7 amide bonds. The Balaban J connectivity index is 1.02.